The van der Waals surface area contributed by atoms with Crippen molar-refractivity contribution in [1.82, 2.24) is 15.5 Å². The predicted molar refractivity (Wildman–Crippen MR) is 103 cm³/mol. The van der Waals surface area contributed by atoms with Crippen molar-refractivity contribution in [2.75, 3.05) is 27.7 Å². The van der Waals surface area contributed by atoms with Gasteiger partial charge in [0.2, 0.25) is 0 Å². The molecule has 0 heterocycles. The van der Waals surface area contributed by atoms with Crippen molar-refractivity contribution in [2.24, 2.45) is 4.99 Å². The van der Waals surface area contributed by atoms with E-state index in [1.54, 1.807) is 7.05 Å². The van der Waals surface area contributed by atoms with Crippen LogP contribution >= 0.6 is 35.6 Å². The number of halogens is 2. The van der Waals surface area contributed by atoms with Crippen LogP contribution in [-0.4, -0.2) is 44.1 Å². The number of nitrogens with zero attached hydrogens (tertiary/aromatic N) is 2. The van der Waals surface area contributed by atoms with Crippen LogP contribution in [-0.2, 0) is 6.54 Å². The van der Waals surface area contributed by atoms with Crippen LogP contribution < -0.4 is 10.6 Å². The molecule has 0 amide bonds. The molecule has 0 aliphatic carbocycles. The number of likely N-dealkylation sites (N-methyl/N-ethyl adjacent to an activating group) is 1. The zero-order valence-corrected chi connectivity index (χ0v) is 16.5. The molecule has 21 heavy (non-hydrogen) atoms. The average Bonchev–Trinajstić information content (AvgIpc) is 2.40. The van der Waals surface area contributed by atoms with E-state index in [1.165, 1.54) is 5.56 Å². The lowest BCUT2D eigenvalue weighted by atomic mass is 10.0. The third-order valence-corrected chi connectivity index (χ3v) is 3.75. The van der Waals surface area contributed by atoms with Crippen molar-refractivity contribution < 1.29 is 0 Å². The molecule has 2 N–H and O–H groups in total. The van der Waals surface area contributed by atoms with Crippen LogP contribution in [0, 0.1) is 0 Å². The highest BCUT2D eigenvalue weighted by Gasteiger charge is 2.20. The Morgan fingerprint density at radius 2 is 1.76 bits per heavy atom. The maximum Gasteiger partial charge on any atom is 0.191 e. The molecule has 0 aliphatic heterocycles. The molecule has 1 aromatic rings. The summed E-state index contributed by atoms with van der Waals surface area (Å²) < 4.78 is 0. The first-order valence-electron chi connectivity index (χ1n) is 6.71. The summed E-state index contributed by atoms with van der Waals surface area (Å²) in [7, 11) is 5.93. The van der Waals surface area contributed by atoms with Gasteiger partial charge in [-0.15, -0.1) is 24.0 Å². The second kappa shape index (κ2) is 9.48. The molecular weight excluding hydrogens is 399 g/mol. The molecule has 0 unspecified atom stereocenters. The van der Waals surface area contributed by atoms with Gasteiger partial charge in [-0.25, -0.2) is 0 Å². The minimum absolute atomic E-state index is 0. The quantitative estimate of drug-likeness (QED) is 0.434. The average molecular weight is 425 g/mol. The molecule has 0 bridgehead atoms. The van der Waals surface area contributed by atoms with Crippen LogP contribution in [0.1, 0.15) is 19.4 Å². The summed E-state index contributed by atoms with van der Waals surface area (Å²) in [5.74, 6) is 0.801. The molecule has 0 radical (unpaired) electrons. The van der Waals surface area contributed by atoms with E-state index in [0.717, 1.165) is 24.1 Å². The van der Waals surface area contributed by atoms with Crippen LogP contribution in [0.4, 0.5) is 0 Å². The van der Waals surface area contributed by atoms with Crippen LogP contribution in [0.15, 0.2) is 29.3 Å². The van der Waals surface area contributed by atoms with E-state index in [-0.39, 0.29) is 29.5 Å². The number of benzene rings is 1. The van der Waals surface area contributed by atoms with Gasteiger partial charge in [0.05, 0.1) is 0 Å². The molecule has 0 spiro atoms. The van der Waals surface area contributed by atoms with Gasteiger partial charge in [0.1, 0.15) is 0 Å². The standard InChI is InChI=1S/C15H25ClN4.HI/c1-15(2,20(4)5)11-19-14(17-3)18-10-12-6-8-13(16)9-7-12;/h6-9H,10-11H2,1-5H3,(H2,17,18,19);1H. The van der Waals surface area contributed by atoms with E-state index in [9.17, 15) is 0 Å². The second-order valence-corrected chi connectivity index (χ2v) is 6.05. The molecule has 0 aliphatic rings. The summed E-state index contributed by atoms with van der Waals surface area (Å²) >= 11 is 5.87. The monoisotopic (exact) mass is 424 g/mol. The van der Waals surface area contributed by atoms with Crippen molar-refractivity contribution >= 4 is 41.5 Å². The molecule has 1 aromatic carbocycles. The van der Waals surface area contributed by atoms with Gasteiger partial charge in [-0.1, -0.05) is 23.7 Å². The van der Waals surface area contributed by atoms with Gasteiger partial charge in [0, 0.05) is 30.7 Å². The zero-order chi connectivity index (χ0) is 15.2. The number of aliphatic imine (C=N–C) groups is 1. The van der Waals surface area contributed by atoms with Gasteiger partial charge >= 0.3 is 0 Å². The van der Waals surface area contributed by atoms with Gasteiger partial charge in [0.15, 0.2) is 5.96 Å². The fourth-order valence-corrected chi connectivity index (χ4v) is 1.59. The zero-order valence-electron chi connectivity index (χ0n) is 13.4. The van der Waals surface area contributed by atoms with E-state index in [4.69, 9.17) is 11.6 Å². The first-order valence-corrected chi connectivity index (χ1v) is 7.09. The molecule has 1 rings (SSSR count). The lowest BCUT2D eigenvalue weighted by molar-refractivity contribution is 0.197. The second-order valence-electron chi connectivity index (χ2n) is 5.61. The van der Waals surface area contributed by atoms with Crippen LogP contribution in [0.25, 0.3) is 0 Å². The van der Waals surface area contributed by atoms with Crippen LogP contribution in [0.2, 0.25) is 5.02 Å². The highest BCUT2D eigenvalue weighted by molar-refractivity contribution is 14.0. The molecular formula is C15H26ClIN4. The Hall–Kier alpha value is -0.530. The fraction of sp³-hybridized carbons (Fsp3) is 0.533. The first-order chi connectivity index (χ1) is 9.35. The molecule has 4 nitrogen and oxygen atoms in total. The van der Waals surface area contributed by atoms with E-state index in [2.05, 4.69) is 48.5 Å². The number of rotatable bonds is 5. The summed E-state index contributed by atoms with van der Waals surface area (Å²) in [6.45, 7) is 5.92. The number of hydrogen-bond acceptors (Lipinski definition) is 2. The Bertz CT molecular complexity index is 443. The molecule has 0 fully saturated rings. The van der Waals surface area contributed by atoms with E-state index in [1.807, 2.05) is 24.3 Å². The van der Waals surface area contributed by atoms with Gasteiger partial charge in [-0.2, -0.15) is 0 Å². The lowest BCUT2D eigenvalue weighted by Gasteiger charge is -2.33. The molecule has 0 atom stereocenters. The lowest BCUT2D eigenvalue weighted by Crippen LogP contribution is -2.50. The Morgan fingerprint density at radius 1 is 1.19 bits per heavy atom. The van der Waals surface area contributed by atoms with Gasteiger partial charge in [-0.3, -0.25) is 4.99 Å². The minimum atomic E-state index is 0. The van der Waals surface area contributed by atoms with Crippen LogP contribution in [0.3, 0.4) is 0 Å². The minimum Gasteiger partial charge on any atom is -0.355 e. The van der Waals surface area contributed by atoms with Crippen molar-refractivity contribution in [2.45, 2.75) is 25.9 Å². The normalized spacial score (nSPS) is 12.0. The van der Waals surface area contributed by atoms with Crippen molar-refractivity contribution in [1.29, 1.82) is 0 Å². The molecule has 0 aromatic heterocycles. The van der Waals surface area contributed by atoms with E-state index in [0.29, 0.717) is 0 Å². The summed E-state index contributed by atoms with van der Waals surface area (Å²) in [4.78, 5) is 6.42. The largest absolute Gasteiger partial charge is 0.355 e. The number of hydrogen-bond donors (Lipinski definition) is 2. The molecule has 0 saturated carbocycles. The molecule has 120 valence electrons. The Labute approximate surface area is 150 Å². The maximum atomic E-state index is 5.87. The Balaban J connectivity index is 0.00000400. The van der Waals surface area contributed by atoms with Gasteiger partial charge in [0.25, 0.3) is 0 Å². The van der Waals surface area contributed by atoms with Crippen LogP contribution in [0.5, 0.6) is 0 Å². The third-order valence-electron chi connectivity index (χ3n) is 3.50. The number of guanidine groups is 1. The van der Waals surface area contributed by atoms with Gasteiger partial charge in [-0.05, 0) is 45.6 Å². The van der Waals surface area contributed by atoms with E-state index < -0.39 is 0 Å². The fourth-order valence-electron chi connectivity index (χ4n) is 1.47. The predicted octanol–water partition coefficient (Wildman–Crippen LogP) is 2.96. The van der Waals surface area contributed by atoms with Gasteiger partial charge < -0.3 is 15.5 Å². The molecule has 6 heteroatoms. The third kappa shape index (κ3) is 7.33. The summed E-state index contributed by atoms with van der Waals surface area (Å²) in [6, 6.07) is 7.80. The smallest absolute Gasteiger partial charge is 0.191 e. The van der Waals surface area contributed by atoms with Crippen molar-refractivity contribution in [3.8, 4) is 0 Å². The highest BCUT2D eigenvalue weighted by atomic mass is 127. The highest BCUT2D eigenvalue weighted by Crippen LogP contribution is 2.09. The van der Waals surface area contributed by atoms with Crippen molar-refractivity contribution in [3.05, 3.63) is 34.9 Å². The summed E-state index contributed by atoms with van der Waals surface area (Å²) in [5.41, 5.74) is 1.24. The maximum absolute atomic E-state index is 5.87. The SMILES string of the molecule is CN=C(NCc1ccc(Cl)cc1)NCC(C)(C)N(C)C.I. The number of nitrogens with one attached hydrogen (secondary N) is 2. The Kier molecular flexibility index (Phi) is 9.24. The van der Waals surface area contributed by atoms with Crippen molar-refractivity contribution in [3.63, 3.8) is 0 Å². The topological polar surface area (TPSA) is 39.7 Å². The van der Waals surface area contributed by atoms with E-state index >= 15 is 0 Å². The molecule has 0 saturated heterocycles. The summed E-state index contributed by atoms with van der Waals surface area (Å²) in [6.07, 6.45) is 0. The Morgan fingerprint density at radius 3 is 2.24 bits per heavy atom. The first kappa shape index (κ1) is 20.5. The summed E-state index contributed by atoms with van der Waals surface area (Å²) in [5, 5.41) is 7.39.